The van der Waals surface area contributed by atoms with Crippen molar-refractivity contribution < 1.29 is 13.5 Å². The zero-order valence-electron chi connectivity index (χ0n) is 7.34. The van der Waals surface area contributed by atoms with E-state index in [1.807, 2.05) is 0 Å². The summed E-state index contributed by atoms with van der Waals surface area (Å²) in [6.07, 6.45) is -2.62. The Balaban J connectivity index is 3.25. The fraction of sp³-hybridized carbons (Fsp3) is 0.375. The first-order valence-corrected chi connectivity index (χ1v) is 3.65. The van der Waals surface area contributed by atoms with Crippen LogP contribution in [0.2, 0.25) is 0 Å². The smallest absolute Gasteiger partial charge is 0.269 e. The first kappa shape index (κ1) is 9.70. The molecule has 0 saturated carbocycles. The Bertz CT molecular complexity index is 315. The number of hydrogen-bond acceptors (Lipinski definition) is 3. The van der Waals surface area contributed by atoms with Crippen molar-refractivity contribution in [1.29, 1.82) is 0 Å². The number of rotatable bonds is 2. The molecule has 0 bridgehead atoms. The van der Waals surface area contributed by atoms with Crippen LogP contribution in [0.1, 0.15) is 17.7 Å². The first-order chi connectivity index (χ1) is 6.06. The van der Waals surface area contributed by atoms with Crippen molar-refractivity contribution in [1.82, 2.24) is 4.98 Å². The van der Waals surface area contributed by atoms with Gasteiger partial charge >= 0.3 is 0 Å². The first-order valence-electron chi connectivity index (χ1n) is 3.65. The molecule has 1 heterocycles. The van der Waals surface area contributed by atoms with Gasteiger partial charge in [0.05, 0.1) is 24.1 Å². The van der Waals surface area contributed by atoms with Crippen molar-refractivity contribution in [2.24, 2.45) is 0 Å². The molecular formula is C8H10F2N2O. The summed E-state index contributed by atoms with van der Waals surface area (Å²) >= 11 is 0. The third-order valence-corrected chi connectivity index (χ3v) is 1.67. The van der Waals surface area contributed by atoms with Crippen molar-refractivity contribution in [2.75, 3.05) is 12.8 Å². The van der Waals surface area contributed by atoms with Crippen LogP contribution in [-0.2, 0) is 0 Å². The Morgan fingerprint density at radius 2 is 2.15 bits per heavy atom. The van der Waals surface area contributed by atoms with Crippen LogP contribution >= 0.6 is 0 Å². The zero-order valence-corrected chi connectivity index (χ0v) is 7.34. The molecule has 0 aromatic carbocycles. The summed E-state index contributed by atoms with van der Waals surface area (Å²) in [5, 5.41) is 0. The van der Waals surface area contributed by atoms with Crippen molar-refractivity contribution >= 4 is 5.69 Å². The second-order valence-electron chi connectivity index (χ2n) is 2.56. The lowest BCUT2D eigenvalue weighted by atomic mass is 10.2. The Morgan fingerprint density at radius 1 is 1.54 bits per heavy atom. The van der Waals surface area contributed by atoms with Crippen LogP contribution in [0.5, 0.6) is 5.88 Å². The molecule has 1 aromatic heterocycles. The maximum Gasteiger partial charge on any atom is 0.269 e. The lowest BCUT2D eigenvalue weighted by Crippen LogP contribution is -2.01. The van der Waals surface area contributed by atoms with E-state index >= 15 is 0 Å². The minimum atomic E-state index is -2.62. The molecule has 0 spiro atoms. The Hall–Kier alpha value is -1.39. The number of halogens is 2. The minimum absolute atomic E-state index is 0.0679. The van der Waals surface area contributed by atoms with E-state index in [2.05, 4.69) is 4.98 Å². The number of pyridine rings is 1. The number of ether oxygens (including phenoxy) is 1. The van der Waals surface area contributed by atoms with E-state index in [0.717, 1.165) is 0 Å². The summed E-state index contributed by atoms with van der Waals surface area (Å²) in [5.74, 6) is -0.0679. The van der Waals surface area contributed by atoms with E-state index in [1.165, 1.54) is 13.2 Å². The van der Waals surface area contributed by atoms with Gasteiger partial charge in [0.2, 0.25) is 5.88 Å². The molecule has 0 fully saturated rings. The van der Waals surface area contributed by atoms with E-state index in [9.17, 15) is 8.78 Å². The molecule has 0 aliphatic carbocycles. The average Bonchev–Trinajstić information content (AvgIpc) is 2.08. The molecule has 2 N–H and O–H groups in total. The third-order valence-electron chi connectivity index (χ3n) is 1.67. The SMILES string of the molecule is COc1nc(C)c(N)cc1C(F)F. The van der Waals surface area contributed by atoms with Crippen LogP contribution in [0.3, 0.4) is 0 Å². The van der Waals surface area contributed by atoms with Gasteiger partial charge in [-0.15, -0.1) is 0 Å². The van der Waals surface area contributed by atoms with E-state index in [0.29, 0.717) is 5.69 Å². The third kappa shape index (κ3) is 1.85. The highest BCUT2D eigenvalue weighted by Gasteiger charge is 2.16. The number of anilines is 1. The molecule has 0 saturated heterocycles. The highest BCUT2D eigenvalue weighted by atomic mass is 19.3. The molecule has 1 rings (SSSR count). The van der Waals surface area contributed by atoms with Crippen LogP contribution in [0.25, 0.3) is 0 Å². The monoisotopic (exact) mass is 188 g/mol. The number of methoxy groups -OCH3 is 1. The normalized spacial score (nSPS) is 10.5. The molecule has 0 aliphatic rings. The maximum absolute atomic E-state index is 12.4. The maximum atomic E-state index is 12.4. The van der Waals surface area contributed by atoms with Crippen molar-refractivity contribution in [3.8, 4) is 5.88 Å². The fourth-order valence-corrected chi connectivity index (χ4v) is 0.935. The van der Waals surface area contributed by atoms with Crippen molar-refractivity contribution in [3.05, 3.63) is 17.3 Å². The molecule has 13 heavy (non-hydrogen) atoms. The molecular weight excluding hydrogens is 178 g/mol. The highest BCUT2D eigenvalue weighted by molar-refractivity contribution is 5.48. The predicted octanol–water partition coefficient (Wildman–Crippen LogP) is 1.92. The Labute approximate surface area is 74.5 Å². The molecule has 0 unspecified atom stereocenters. The van der Waals surface area contributed by atoms with Gasteiger partial charge in [-0.05, 0) is 13.0 Å². The van der Waals surface area contributed by atoms with E-state index in [4.69, 9.17) is 10.5 Å². The number of hydrogen-bond donors (Lipinski definition) is 1. The number of aryl methyl sites for hydroxylation is 1. The molecule has 72 valence electrons. The van der Waals surface area contributed by atoms with Gasteiger partial charge in [0.1, 0.15) is 0 Å². The molecule has 3 nitrogen and oxygen atoms in total. The van der Waals surface area contributed by atoms with Gasteiger partial charge in [0.25, 0.3) is 6.43 Å². The van der Waals surface area contributed by atoms with Gasteiger partial charge in [-0.3, -0.25) is 0 Å². The van der Waals surface area contributed by atoms with Gasteiger partial charge in [0.15, 0.2) is 0 Å². The summed E-state index contributed by atoms with van der Waals surface area (Å²) in [5.41, 5.74) is 5.89. The van der Waals surface area contributed by atoms with E-state index in [-0.39, 0.29) is 17.1 Å². The number of aromatic nitrogens is 1. The molecule has 0 amide bonds. The van der Waals surface area contributed by atoms with Crippen molar-refractivity contribution in [3.63, 3.8) is 0 Å². The number of nitrogen functional groups attached to an aromatic ring is 1. The van der Waals surface area contributed by atoms with Gasteiger partial charge < -0.3 is 10.5 Å². The number of nitrogens with two attached hydrogens (primary N) is 1. The second-order valence-corrected chi connectivity index (χ2v) is 2.56. The predicted molar refractivity (Wildman–Crippen MR) is 44.9 cm³/mol. The topological polar surface area (TPSA) is 48.1 Å². The lowest BCUT2D eigenvalue weighted by Gasteiger charge is -2.08. The summed E-state index contributed by atoms with van der Waals surface area (Å²) in [6, 6.07) is 1.19. The zero-order chi connectivity index (χ0) is 10.0. The van der Waals surface area contributed by atoms with Crippen LogP contribution < -0.4 is 10.5 Å². The van der Waals surface area contributed by atoms with Crippen LogP contribution in [0, 0.1) is 6.92 Å². The van der Waals surface area contributed by atoms with E-state index in [1.54, 1.807) is 6.92 Å². The molecule has 1 aromatic rings. The largest absolute Gasteiger partial charge is 0.481 e. The Morgan fingerprint density at radius 3 is 2.62 bits per heavy atom. The molecule has 0 radical (unpaired) electrons. The summed E-state index contributed by atoms with van der Waals surface area (Å²) in [4.78, 5) is 3.79. The lowest BCUT2D eigenvalue weighted by molar-refractivity contribution is 0.146. The van der Waals surface area contributed by atoms with Gasteiger partial charge in [-0.25, -0.2) is 13.8 Å². The van der Waals surface area contributed by atoms with Gasteiger partial charge in [-0.1, -0.05) is 0 Å². The molecule has 0 atom stereocenters. The summed E-state index contributed by atoms with van der Waals surface area (Å²) in [6.45, 7) is 1.63. The van der Waals surface area contributed by atoms with Gasteiger partial charge in [-0.2, -0.15) is 0 Å². The highest BCUT2D eigenvalue weighted by Crippen LogP contribution is 2.29. The standard InChI is InChI=1S/C8H10F2N2O/c1-4-6(11)3-5(7(9)10)8(12-4)13-2/h3,7H,11H2,1-2H3. The van der Waals surface area contributed by atoms with Crippen LogP contribution in [0.4, 0.5) is 14.5 Å². The summed E-state index contributed by atoms with van der Waals surface area (Å²) < 4.78 is 29.4. The second kappa shape index (κ2) is 3.55. The molecule has 0 aliphatic heterocycles. The number of alkyl halides is 2. The average molecular weight is 188 g/mol. The van der Waals surface area contributed by atoms with Gasteiger partial charge in [0, 0.05) is 0 Å². The fourth-order valence-electron chi connectivity index (χ4n) is 0.935. The van der Waals surface area contributed by atoms with E-state index < -0.39 is 6.43 Å². The Kier molecular flexibility index (Phi) is 2.65. The van der Waals surface area contributed by atoms with Crippen molar-refractivity contribution in [2.45, 2.75) is 13.3 Å². The number of nitrogens with zero attached hydrogens (tertiary/aromatic N) is 1. The summed E-state index contributed by atoms with van der Waals surface area (Å²) in [7, 11) is 1.30. The quantitative estimate of drug-likeness (QED) is 0.771. The van der Waals surface area contributed by atoms with Crippen LogP contribution in [-0.4, -0.2) is 12.1 Å². The molecule has 5 heteroatoms. The minimum Gasteiger partial charge on any atom is -0.481 e. The van der Waals surface area contributed by atoms with Crippen LogP contribution in [0.15, 0.2) is 6.07 Å².